The molecule has 10 nitrogen and oxygen atoms in total. The fraction of sp³-hybridized carbons (Fsp3) is 0.486. The summed E-state index contributed by atoms with van der Waals surface area (Å²) >= 11 is 6.92. The van der Waals surface area contributed by atoms with Crippen LogP contribution in [0.25, 0.3) is 28.0 Å². The lowest BCUT2D eigenvalue weighted by Gasteiger charge is -2.44. The number of nitrogens with zero attached hydrogens (tertiary/aromatic N) is 7. The van der Waals surface area contributed by atoms with Gasteiger partial charge in [-0.15, -0.1) is 0 Å². The predicted octanol–water partition coefficient (Wildman–Crippen LogP) is 6.93. The monoisotopic (exact) mass is 659 g/mol. The lowest BCUT2D eigenvalue weighted by Crippen LogP contribution is -2.59. The van der Waals surface area contributed by atoms with Crippen LogP contribution in [0.4, 0.5) is 15.0 Å². The van der Waals surface area contributed by atoms with E-state index in [4.69, 9.17) is 26.3 Å². The van der Waals surface area contributed by atoms with Gasteiger partial charge in [-0.2, -0.15) is 4.98 Å². The number of carbonyl (C=O) groups is 1. The first-order valence-corrected chi connectivity index (χ1v) is 16.7. The van der Waals surface area contributed by atoms with Gasteiger partial charge in [0.1, 0.15) is 23.6 Å². The number of pyridine rings is 1. The molecular weight excluding hydrogens is 621 g/mol. The van der Waals surface area contributed by atoms with Gasteiger partial charge in [0.05, 0.1) is 33.2 Å². The standard InChI is InChI=1S/C35H39ClFN7O3/c1-18-7-12-23(26(37)13-18)29-25(36)14-24-31(42-15-20(3)43(16-19(42)2)34(46)47-35(4,5)6)41-33(45)44(32(24)40-29)30-27(21-8-9-21)38-17-39-28(30)22-10-11-22/h7,12-14,17,19-22H,8-11,15-16H2,1-6H3/t19-,20+/m0/s1. The molecule has 3 aromatic heterocycles. The highest BCUT2D eigenvalue weighted by Gasteiger charge is 2.39. The summed E-state index contributed by atoms with van der Waals surface area (Å²) in [4.78, 5) is 50.2. The maximum absolute atomic E-state index is 15.4. The van der Waals surface area contributed by atoms with Gasteiger partial charge in [-0.3, -0.25) is 0 Å². The molecule has 4 aromatic rings. The van der Waals surface area contributed by atoms with Crippen LogP contribution in [0.3, 0.4) is 0 Å². The van der Waals surface area contributed by atoms with Crippen molar-refractivity contribution in [1.29, 1.82) is 0 Å². The molecule has 246 valence electrons. The molecule has 3 fully saturated rings. The highest BCUT2D eigenvalue weighted by atomic mass is 35.5. The Morgan fingerprint density at radius 2 is 1.64 bits per heavy atom. The number of piperazine rings is 1. The second kappa shape index (κ2) is 11.5. The van der Waals surface area contributed by atoms with Gasteiger partial charge in [0.2, 0.25) is 0 Å². The van der Waals surface area contributed by atoms with E-state index in [1.807, 2.05) is 46.4 Å². The van der Waals surface area contributed by atoms with Crippen molar-refractivity contribution < 1.29 is 13.9 Å². The van der Waals surface area contributed by atoms with Crippen molar-refractivity contribution in [3.8, 4) is 16.9 Å². The van der Waals surface area contributed by atoms with Crippen molar-refractivity contribution in [2.24, 2.45) is 0 Å². The molecule has 0 N–H and O–H groups in total. The van der Waals surface area contributed by atoms with Crippen LogP contribution in [-0.2, 0) is 4.74 Å². The van der Waals surface area contributed by atoms with Crippen LogP contribution in [-0.4, -0.2) is 66.3 Å². The molecule has 47 heavy (non-hydrogen) atoms. The van der Waals surface area contributed by atoms with Crippen LogP contribution in [0.2, 0.25) is 5.02 Å². The zero-order chi connectivity index (χ0) is 33.4. The molecule has 1 amide bonds. The number of amides is 1. The quantitative estimate of drug-likeness (QED) is 0.227. The normalized spacial score (nSPS) is 20.2. The van der Waals surface area contributed by atoms with E-state index in [2.05, 4.69) is 9.97 Å². The molecule has 1 aliphatic heterocycles. The van der Waals surface area contributed by atoms with Crippen molar-refractivity contribution in [1.82, 2.24) is 29.4 Å². The largest absolute Gasteiger partial charge is 0.444 e. The molecule has 2 aliphatic carbocycles. The summed E-state index contributed by atoms with van der Waals surface area (Å²) in [6.45, 7) is 12.0. The van der Waals surface area contributed by atoms with Gasteiger partial charge in [-0.1, -0.05) is 17.7 Å². The first-order valence-electron chi connectivity index (χ1n) is 16.3. The van der Waals surface area contributed by atoms with Gasteiger partial charge < -0.3 is 14.5 Å². The third kappa shape index (κ3) is 5.94. The minimum Gasteiger partial charge on any atom is -0.444 e. The van der Waals surface area contributed by atoms with E-state index in [1.165, 1.54) is 10.6 Å². The average Bonchev–Trinajstić information content (AvgIpc) is 3.91. The van der Waals surface area contributed by atoms with E-state index in [-0.39, 0.29) is 46.3 Å². The number of aryl methyl sites for hydroxylation is 1. The number of hydrogen-bond acceptors (Lipinski definition) is 8. The fourth-order valence-corrected chi connectivity index (χ4v) is 6.72. The third-order valence-corrected chi connectivity index (χ3v) is 9.39. The van der Waals surface area contributed by atoms with Crippen LogP contribution in [0.5, 0.6) is 0 Å². The van der Waals surface area contributed by atoms with Crippen LogP contribution in [0.15, 0.2) is 35.4 Å². The number of hydrogen-bond donors (Lipinski definition) is 0. The summed E-state index contributed by atoms with van der Waals surface area (Å²) in [5.41, 5.74) is 2.66. The number of anilines is 1. The number of ether oxygens (including phenoxy) is 1. The van der Waals surface area contributed by atoms with Gasteiger partial charge in [-0.05, 0) is 91.0 Å². The van der Waals surface area contributed by atoms with E-state index < -0.39 is 17.1 Å². The Kier molecular flexibility index (Phi) is 7.73. The van der Waals surface area contributed by atoms with E-state index in [1.54, 1.807) is 29.4 Å². The zero-order valence-electron chi connectivity index (χ0n) is 27.5. The van der Waals surface area contributed by atoms with E-state index in [9.17, 15) is 9.59 Å². The molecule has 1 aromatic carbocycles. The smallest absolute Gasteiger partial charge is 0.410 e. The second-order valence-corrected chi connectivity index (χ2v) is 14.7. The molecule has 2 atom stereocenters. The first kappa shape index (κ1) is 31.5. The Morgan fingerprint density at radius 1 is 0.979 bits per heavy atom. The van der Waals surface area contributed by atoms with Gasteiger partial charge in [0.25, 0.3) is 0 Å². The van der Waals surface area contributed by atoms with Crippen LogP contribution in [0, 0.1) is 12.7 Å². The summed E-state index contributed by atoms with van der Waals surface area (Å²) in [5.74, 6) is 0.390. The Labute approximate surface area is 278 Å². The average molecular weight is 660 g/mol. The Morgan fingerprint density at radius 3 is 2.23 bits per heavy atom. The van der Waals surface area contributed by atoms with E-state index >= 15 is 4.39 Å². The number of carbonyl (C=O) groups excluding carboxylic acids is 1. The minimum absolute atomic E-state index is 0.218. The predicted molar refractivity (Wildman–Crippen MR) is 179 cm³/mol. The fourth-order valence-electron chi connectivity index (χ4n) is 6.47. The highest BCUT2D eigenvalue weighted by molar-refractivity contribution is 6.33. The number of halogens is 2. The Hall–Kier alpha value is -4.12. The molecule has 3 aliphatic rings. The number of rotatable bonds is 5. The number of fused-ring (bicyclic) bond motifs is 1. The maximum atomic E-state index is 15.4. The summed E-state index contributed by atoms with van der Waals surface area (Å²) in [5, 5.41) is 0.777. The molecule has 1 saturated heterocycles. The topological polar surface area (TPSA) is 106 Å². The van der Waals surface area contributed by atoms with E-state index in [0.717, 1.165) is 42.6 Å². The Bertz CT molecular complexity index is 1940. The lowest BCUT2D eigenvalue weighted by molar-refractivity contribution is 0.0130. The summed E-state index contributed by atoms with van der Waals surface area (Å²) in [6, 6.07) is 6.17. The van der Waals surface area contributed by atoms with E-state index in [0.29, 0.717) is 35.6 Å². The van der Waals surface area contributed by atoms with Crippen LogP contribution in [0.1, 0.15) is 89.1 Å². The van der Waals surface area contributed by atoms with Crippen LogP contribution >= 0.6 is 11.6 Å². The minimum atomic E-state index is -0.629. The van der Waals surface area contributed by atoms with Crippen molar-refractivity contribution in [2.75, 3.05) is 18.0 Å². The lowest BCUT2D eigenvalue weighted by atomic mass is 10.1. The number of aromatic nitrogens is 5. The molecule has 0 spiro atoms. The van der Waals surface area contributed by atoms with Gasteiger partial charge >= 0.3 is 11.8 Å². The summed E-state index contributed by atoms with van der Waals surface area (Å²) in [6.07, 6.45) is 5.10. The summed E-state index contributed by atoms with van der Waals surface area (Å²) in [7, 11) is 0. The third-order valence-electron chi connectivity index (χ3n) is 9.10. The highest BCUT2D eigenvalue weighted by Crippen LogP contribution is 2.47. The van der Waals surface area contributed by atoms with Gasteiger partial charge in [-0.25, -0.2) is 33.5 Å². The molecule has 0 bridgehead atoms. The molecule has 12 heteroatoms. The first-order chi connectivity index (χ1) is 22.3. The Balaban J connectivity index is 1.43. The zero-order valence-corrected chi connectivity index (χ0v) is 28.3. The van der Waals surface area contributed by atoms with Crippen molar-refractivity contribution in [3.05, 3.63) is 68.9 Å². The second-order valence-electron chi connectivity index (χ2n) is 14.3. The number of benzene rings is 1. The van der Waals surface area contributed by atoms with Gasteiger partial charge in [0.15, 0.2) is 5.65 Å². The molecule has 0 radical (unpaired) electrons. The van der Waals surface area contributed by atoms with Crippen molar-refractivity contribution in [3.63, 3.8) is 0 Å². The van der Waals surface area contributed by atoms with Crippen molar-refractivity contribution >= 4 is 34.5 Å². The molecule has 7 rings (SSSR count). The maximum Gasteiger partial charge on any atom is 0.410 e. The summed E-state index contributed by atoms with van der Waals surface area (Å²) < 4.78 is 22.6. The van der Waals surface area contributed by atoms with Crippen molar-refractivity contribution in [2.45, 2.75) is 96.7 Å². The molecule has 2 saturated carbocycles. The molecular formula is C35H39ClFN7O3. The van der Waals surface area contributed by atoms with Gasteiger partial charge in [0, 0.05) is 42.6 Å². The van der Waals surface area contributed by atoms with Crippen LogP contribution < -0.4 is 10.6 Å². The molecule has 0 unspecified atom stereocenters. The SMILES string of the molecule is Cc1ccc(-c2nc3c(cc2Cl)c(N2C[C@@H](C)N(C(=O)OC(C)(C)C)C[C@@H]2C)nc(=O)n3-c2c(C3CC3)ncnc2C2CC2)c(F)c1. The molecule has 4 heterocycles.